The van der Waals surface area contributed by atoms with Crippen molar-refractivity contribution in [2.45, 2.75) is 13.5 Å². The van der Waals surface area contributed by atoms with Gasteiger partial charge >= 0.3 is 5.97 Å². The van der Waals surface area contributed by atoms with Crippen LogP contribution in [0.3, 0.4) is 0 Å². The summed E-state index contributed by atoms with van der Waals surface area (Å²) in [6.07, 6.45) is 3.48. The largest absolute Gasteiger partial charge is 0.478 e. The maximum atomic E-state index is 11.3. The van der Waals surface area contributed by atoms with Crippen LogP contribution in [0.2, 0.25) is 0 Å². The van der Waals surface area contributed by atoms with Gasteiger partial charge in [0.2, 0.25) is 0 Å². The Morgan fingerprint density at radius 1 is 1.35 bits per heavy atom. The predicted octanol–water partition coefficient (Wildman–Crippen LogP) is 1.88. The quantitative estimate of drug-likeness (QED) is 0.784. The third-order valence-corrected chi connectivity index (χ3v) is 3.22. The molecule has 0 bridgehead atoms. The molecule has 0 aliphatic heterocycles. The summed E-state index contributed by atoms with van der Waals surface area (Å²) in [5.74, 6) is -0.981. The molecular formula is C14H12N4O2. The van der Waals surface area contributed by atoms with Gasteiger partial charge in [0.1, 0.15) is 11.0 Å². The second kappa shape index (κ2) is 4.73. The number of para-hydroxylation sites is 1. The van der Waals surface area contributed by atoms with Crippen LogP contribution in [-0.4, -0.2) is 31.1 Å². The molecule has 0 spiro atoms. The monoisotopic (exact) mass is 268 g/mol. The molecule has 100 valence electrons. The van der Waals surface area contributed by atoms with Gasteiger partial charge in [-0.3, -0.25) is 4.98 Å². The zero-order valence-corrected chi connectivity index (χ0v) is 10.8. The zero-order valence-electron chi connectivity index (χ0n) is 10.8. The van der Waals surface area contributed by atoms with E-state index in [-0.39, 0.29) is 5.56 Å². The lowest BCUT2D eigenvalue weighted by Crippen LogP contribution is -2.07. The lowest BCUT2D eigenvalue weighted by Gasteiger charge is -2.06. The molecule has 3 aromatic rings. The van der Waals surface area contributed by atoms with Gasteiger partial charge in [-0.1, -0.05) is 11.3 Å². The maximum absolute atomic E-state index is 11.3. The van der Waals surface area contributed by atoms with Gasteiger partial charge in [-0.15, -0.1) is 5.10 Å². The van der Waals surface area contributed by atoms with E-state index in [4.69, 9.17) is 0 Å². The minimum atomic E-state index is -0.981. The number of aromatic nitrogens is 4. The normalized spacial score (nSPS) is 10.8. The molecule has 0 saturated carbocycles. The van der Waals surface area contributed by atoms with Gasteiger partial charge in [0.15, 0.2) is 0 Å². The van der Waals surface area contributed by atoms with Crippen molar-refractivity contribution in [3.05, 3.63) is 53.3 Å². The van der Waals surface area contributed by atoms with E-state index < -0.39 is 5.97 Å². The van der Waals surface area contributed by atoms with E-state index in [2.05, 4.69) is 15.3 Å². The second-order valence-electron chi connectivity index (χ2n) is 4.53. The molecule has 0 fully saturated rings. The number of nitrogens with zero attached hydrogens (tertiary/aromatic N) is 4. The summed E-state index contributed by atoms with van der Waals surface area (Å²) in [7, 11) is 0. The van der Waals surface area contributed by atoms with Crippen molar-refractivity contribution >= 4 is 17.0 Å². The molecule has 0 unspecified atom stereocenters. The number of carboxylic acid groups (broad SMARTS) is 1. The van der Waals surface area contributed by atoms with Crippen molar-refractivity contribution in [2.75, 3.05) is 0 Å². The number of hydrogen-bond donors (Lipinski definition) is 1. The Balaban J connectivity index is 2.13. The molecule has 2 aromatic heterocycles. The molecule has 3 rings (SSSR count). The van der Waals surface area contributed by atoms with Gasteiger partial charge in [-0.05, 0) is 36.2 Å². The molecule has 2 heterocycles. The molecule has 0 radical (unpaired) electrons. The lowest BCUT2D eigenvalue weighted by molar-refractivity contribution is 0.0698. The molecular weight excluding hydrogens is 256 g/mol. The Hall–Kier alpha value is -2.76. The van der Waals surface area contributed by atoms with Gasteiger partial charge in [0, 0.05) is 12.4 Å². The van der Waals surface area contributed by atoms with E-state index in [1.807, 2.05) is 13.0 Å². The zero-order chi connectivity index (χ0) is 14.1. The number of aryl methyl sites for hydroxylation is 1. The van der Waals surface area contributed by atoms with E-state index in [1.165, 1.54) is 0 Å². The molecule has 0 saturated heterocycles. The van der Waals surface area contributed by atoms with Crippen molar-refractivity contribution in [3.8, 4) is 0 Å². The molecule has 0 atom stereocenters. The minimum Gasteiger partial charge on any atom is -0.478 e. The summed E-state index contributed by atoms with van der Waals surface area (Å²) in [5, 5.41) is 17.3. The Morgan fingerprint density at radius 2 is 2.20 bits per heavy atom. The molecule has 0 aliphatic rings. The van der Waals surface area contributed by atoms with Crippen molar-refractivity contribution in [2.24, 2.45) is 0 Å². The summed E-state index contributed by atoms with van der Waals surface area (Å²) >= 11 is 0. The SMILES string of the molecule is Cc1cnccc1Cn1nnc2cccc(C(=O)O)c21. The predicted molar refractivity (Wildman–Crippen MR) is 72.6 cm³/mol. The lowest BCUT2D eigenvalue weighted by atomic mass is 10.1. The highest BCUT2D eigenvalue weighted by atomic mass is 16.4. The minimum absolute atomic E-state index is 0.208. The highest BCUT2D eigenvalue weighted by Crippen LogP contribution is 2.18. The summed E-state index contributed by atoms with van der Waals surface area (Å²) in [5.41, 5.74) is 3.39. The van der Waals surface area contributed by atoms with Crippen LogP contribution in [0.5, 0.6) is 0 Å². The summed E-state index contributed by atoms with van der Waals surface area (Å²) in [6, 6.07) is 6.88. The van der Waals surface area contributed by atoms with E-state index >= 15 is 0 Å². The van der Waals surface area contributed by atoms with Crippen LogP contribution in [0, 0.1) is 6.92 Å². The first-order valence-electron chi connectivity index (χ1n) is 6.12. The maximum Gasteiger partial charge on any atom is 0.337 e. The Kier molecular flexibility index (Phi) is 2.90. The first-order valence-corrected chi connectivity index (χ1v) is 6.12. The van der Waals surface area contributed by atoms with Crippen LogP contribution in [0.1, 0.15) is 21.5 Å². The highest BCUT2D eigenvalue weighted by molar-refractivity contribution is 6.00. The van der Waals surface area contributed by atoms with E-state index in [1.54, 1.807) is 35.3 Å². The first kappa shape index (κ1) is 12.3. The van der Waals surface area contributed by atoms with Crippen molar-refractivity contribution in [1.82, 2.24) is 20.0 Å². The third-order valence-electron chi connectivity index (χ3n) is 3.22. The topological polar surface area (TPSA) is 80.9 Å². The fourth-order valence-corrected chi connectivity index (χ4v) is 2.15. The number of carboxylic acids is 1. The Labute approximate surface area is 114 Å². The smallest absolute Gasteiger partial charge is 0.337 e. The van der Waals surface area contributed by atoms with E-state index in [9.17, 15) is 9.90 Å². The summed E-state index contributed by atoms with van der Waals surface area (Å²) in [6.45, 7) is 2.43. The number of hydrogen-bond acceptors (Lipinski definition) is 4. The van der Waals surface area contributed by atoms with Gasteiger partial charge in [0.25, 0.3) is 0 Å². The van der Waals surface area contributed by atoms with Gasteiger partial charge < -0.3 is 5.11 Å². The summed E-state index contributed by atoms with van der Waals surface area (Å²) in [4.78, 5) is 15.3. The van der Waals surface area contributed by atoms with Gasteiger partial charge in [-0.25, -0.2) is 9.48 Å². The molecule has 20 heavy (non-hydrogen) atoms. The average Bonchev–Trinajstić information content (AvgIpc) is 2.84. The molecule has 6 nitrogen and oxygen atoms in total. The average molecular weight is 268 g/mol. The fraction of sp³-hybridized carbons (Fsp3) is 0.143. The van der Waals surface area contributed by atoms with E-state index in [0.717, 1.165) is 11.1 Å². The van der Waals surface area contributed by atoms with Crippen LogP contribution in [-0.2, 0) is 6.54 Å². The van der Waals surface area contributed by atoms with Crippen LogP contribution < -0.4 is 0 Å². The van der Waals surface area contributed by atoms with Crippen molar-refractivity contribution in [3.63, 3.8) is 0 Å². The molecule has 1 aromatic carbocycles. The van der Waals surface area contributed by atoms with E-state index in [0.29, 0.717) is 17.6 Å². The summed E-state index contributed by atoms with van der Waals surface area (Å²) < 4.78 is 1.61. The number of carbonyl (C=O) groups is 1. The number of rotatable bonds is 3. The highest BCUT2D eigenvalue weighted by Gasteiger charge is 2.15. The third kappa shape index (κ3) is 2.01. The fourth-order valence-electron chi connectivity index (χ4n) is 2.15. The molecule has 0 aliphatic carbocycles. The Morgan fingerprint density at radius 3 is 2.95 bits per heavy atom. The molecule has 1 N–H and O–H groups in total. The molecule has 6 heteroatoms. The number of aromatic carboxylic acids is 1. The number of benzene rings is 1. The number of fused-ring (bicyclic) bond motifs is 1. The van der Waals surface area contributed by atoms with Gasteiger partial charge in [0.05, 0.1) is 12.1 Å². The van der Waals surface area contributed by atoms with Crippen molar-refractivity contribution < 1.29 is 9.90 Å². The van der Waals surface area contributed by atoms with Gasteiger partial charge in [-0.2, -0.15) is 0 Å². The standard InChI is InChI=1S/C14H12N4O2/c1-9-7-15-6-5-10(9)8-18-13-11(14(19)20)3-2-4-12(13)16-17-18/h2-7H,8H2,1H3,(H,19,20). The van der Waals surface area contributed by atoms with Crippen molar-refractivity contribution in [1.29, 1.82) is 0 Å². The van der Waals surface area contributed by atoms with Crippen LogP contribution in [0.15, 0.2) is 36.7 Å². The van der Waals surface area contributed by atoms with Crippen LogP contribution >= 0.6 is 0 Å². The first-order chi connectivity index (χ1) is 9.66. The van der Waals surface area contributed by atoms with Crippen LogP contribution in [0.4, 0.5) is 0 Å². The molecule has 0 amide bonds. The Bertz CT molecular complexity index is 795. The number of pyridine rings is 1. The second-order valence-corrected chi connectivity index (χ2v) is 4.53. The van der Waals surface area contributed by atoms with Crippen LogP contribution in [0.25, 0.3) is 11.0 Å².